The van der Waals surface area contributed by atoms with Crippen molar-refractivity contribution in [3.63, 3.8) is 0 Å². The molecule has 6 rings (SSSR count). The summed E-state index contributed by atoms with van der Waals surface area (Å²) in [7, 11) is 1.64. The van der Waals surface area contributed by atoms with Crippen LogP contribution in [0.5, 0.6) is 17.4 Å². The Kier molecular flexibility index (Phi) is 7.10. The van der Waals surface area contributed by atoms with E-state index in [4.69, 9.17) is 19.2 Å². The first-order valence-electron chi connectivity index (χ1n) is 13.0. The predicted octanol–water partition coefficient (Wildman–Crippen LogP) is 4.31. The number of piperazine rings is 1. The molecule has 0 amide bonds. The van der Waals surface area contributed by atoms with Crippen LogP contribution in [-0.4, -0.2) is 71.5 Å². The Bertz CT molecular complexity index is 1370. The molecule has 4 heterocycles. The maximum atomic E-state index is 5.88. The number of hydrogen-bond acceptors (Lipinski definition) is 8. The highest BCUT2D eigenvalue weighted by Gasteiger charge is 2.20. The molecule has 0 aliphatic carbocycles. The van der Waals surface area contributed by atoms with Gasteiger partial charge in [-0.05, 0) is 42.0 Å². The lowest BCUT2D eigenvalue weighted by molar-refractivity contribution is 0.122. The molecule has 0 radical (unpaired) electrons. The van der Waals surface area contributed by atoms with E-state index in [1.165, 1.54) is 11.1 Å². The van der Waals surface area contributed by atoms with E-state index in [0.29, 0.717) is 19.1 Å². The number of methoxy groups -OCH3 is 1. The number of H-pyrrole nitrogens is 1. The lowest BCUT2D eigenvalue weighted by Crippen LogP contribution is -2.45. The summed E-state index contributed by atoms with van der Waals surface area (Å²) in [6.45, 7) is 7.16. The third-order valence-corrected chi connectivity index (χ3v) is 6.93. The van der Waals surface area contributed by atoms with Crippen molar-refractivity contribution >= 4 is 11.4 Å². The Hall–Kier alpha value is -4.08. The molecular formula is C29H32N6O3. The van der Waals surface area contributed by atoms with Crippen LogP contribution in [0, 0.1) is 0 Å². The molecule has 0 unspecified atom stereocenters. The number of para-hydroxylation sites is 1. The van der Waals surface area contributed by atoms with Crippen molar-refractivity contribution in [3.05, 3.63) is 78.1 Å². The van der Waals surface area contributed by atoms with E-state index in [-0.39, 0.29) is 0 Å². The molecule has 4 aromatic rings. The Morgan fingerprint density at radius 2 is 1.71 bits per heavy atom. The van der Waals surface area contributed by atoms with Gasteiger partial charge in [-0.3, -0.25) is 14.9 Å². The number of pyridine rings is 1. The Morgan fingerprint density at radius 1 is 0.921 bits per heavy atom. The van der Waals surface area contributed by atoms with Crippen LogP contribution in [0.4, 0.5) is 11.4 Å². The average molecular weight is 513 g/mol. The molecular weight excluding hydrogens is 480 g/mol. The molecule has 1 saturated heterocycles. The number of benzene rings is 2. The molecule has 38 heavy (non-hydrogen) atoms. The second-order valence-corrected chi connectivity index (χ2v) is 9.57. The summed E-state index contributed by atoms with van der Waals surface area (Å²) in [5.41, 5.74) is 5.98. The predicted molar refractivity (Wildman–Crippen MR) is 146 cm³/mol. The van der Waals surface area contributed by atoms with Gasteiger partial charge in [-0.1, -0.05) is 18.2 Å². The van der Waals surface area contributed by atoms with Crippen LogP contribution in [0.1, 0.15) is 11.1 Å². The van der Waals surface area contributed by atoms with Gasteiger partial charge in [0, 0.05) is 62.3 Å². The molecule has 0 bridgehead atoms. The van der Waals surface area contributed by atoms with Crippen molar-refractivity contribution in [2.24, 2.45) is 0 Å². The Balaban J connectivity index is 1.11. The number of aromatic amines is 1. The Labute approximate surface area is 222 Å². The van der Waals surface area contributed by atoms with Gasteiger partial charge in [0.05, 0.1) is 19.0 Å². The van der Waals surface area contributed by atoms with Crippen molar-refractivity contribution in [1.29, 1.82) is 0 Å². The summed E-state index contributed by atoms with van der Waals surface area (Å²) in [6.07, 6.45) is 3.88. The highest BCUT2D eigenvalue weighted by Crippen LogP contribution is 2.40. The van der Waals surface area contributed by atoms with Gasteiger partial charge in [0.15, 0.2) is 11.5 Å². The third-order valence-electron chi connectivity index (χ3n) is 6.93. The third kappa shape index (κ3) is 5.44. The highest BCUT2D eigenvalue weighted by atomic mass is 16.6. The fraction of sp³-hybridized carbons (Fsp3) is 0.310. The molecule has 0 saturated carbocycles. The minimum Gasteiger partial charge on any atom is -0.486 e. The van der Waals surface area contributed by atoms with Gasteiger partial charge in [0.1, 0.15) is 18.9 Å². The van der Waals surface area contributed by atoms with Gasteiger partial charge in [-0.2, -0.15) is 5.10 Å². The van der Waals surface area contributed by atoms with Crippen LogP contribution in [0.3, 0.4) is 0 Å². The number of aromatic nitrogens is 3. The molecule has 2 aliphatic rings. The van der Waals surface area contributed by atoms with Gasteiger partial charge in [0.25, 0.3) is 0 Å². The zero-order chi connectivity index (χ0) is 25.7. The van der Waals surface area contributed by atoms with Crippen molar-refractivity contribution in [1.82, 2.24) is 25.0 Å². The van der Waals surface area contributed by atoms with Crippen LogP contribution >= 0.6 is 0 Å². The molecule has 0 spiro atoms. The number of hydrogen-bond donors (Lipinski definition) is 2. The number of rotatable bonds is 8. The highest BCUT2D eigenvalue weighted by molar-refractivity contribution is 5.75. The molecule has 2 aromatic heterocycles. The topological polar surface area (TPSA) is 87.8 Å². The summed E-state index contributed by atoms with van der Waals surface area (Å²) < 4.78 is 17.3. The first-order chi connectivity index (χ1) is 18.7. The Morgan fingerprint density at radius 3 is 2.50 bits per heavy atom. The van der Waals surface area contributed by atoms with E-state index in [9.17, 15) is 0 Å². The first-order valence-corrected chi connectivity index (χ1v) is 13.0. The lowest BCUT2D eigenvalue weighted by atomic mass is 10.1. The largest absolute Gasteiger partial charge is 0.486 e. The number of fused-ring (bicyclic) bond motifs is 1. The lowest BCUT2D eigenvalue weighted by Gasteiger charge is -2.34. The number of anilines is 2. The van der Waals surface area contributed by atoms with Crippen LogP contribution in [0.25, 0.3) is 11.3 Å². The zero-order valence-electron chi connectivity index (χ0n) is 21.5. The van der Waals surface area contributed by atoms with E-state index in [2.05, 4.69) is 49.6 Å². The second kappa shape index (κ2) is 11.1. The average Bonchev–Trinajstić information content (AvgIpc) is 3.47. The minimum absolute atomic E-state index is 0.524. The number of nitrogens with one attached hydrogen (secondary N) is 2. The van der Waals surface area contributed by atoms with Crippen LogP contribution in [0.15, 0.2) is 67.0 Å². The normalized spacial score (nSPS) is 15.8. The summed E-state index contributed by atoms with van der Waals surface area (Å²) in [4.78, 5) is 9.76. The van der Waals surface area contributed by atoms with Crippen molar-refractivity contribution in [2.45, 2.75) is 13.1 Å². The molecule has 1 fully saturated rings. The molecule has 0 atom stereocenters. The van der Waals surface area contributed by atoms with Crippen LogP contribution in [0.2, 0.25) is 0 Å². The summed E-state index contributed by atoms with van der Waals surface area (Å²) in [5.74, 6) is 1.99. The maximum Gasteiger partial charge on any atom is 0.238 e. The number of nitrogens with zero attached hydrogens (tertiary/aromatic N) is 4. The second-order valence-electron chi connectivity index (χ2n) is 9.57. The van der Waals surface area contributed by atoms with Gasteiger partial charge >= 0.3 is 0 Å². The monoisotopic (exact) mass is 512 g/mol. The molecule has 2 N–H and O–H groups in total. The SMILES string of the molecule is COc1nc(-c2cccc3c2OCCO3)ccc1Nc1cccc(CN2CCN(Cc3cn[nH]c3)CC2)c1. The quantitative estimate of drug-likeness (QED) is 0.361. The molecule has 2 aliphatic heterocycles. The van der Waals surface area contributed by atoms with E-state index < -0.39 is 0 Å². The zero-order valence-corrected chi connectivity index (χ0v) is 21.5. The van der Waals surface area contributed by atoms with Gasteiger partial charge in [-0.25, -0.2) is 4.98 Å². The number of ether oxygens (including phenoxy) is 3. The van der Waals surface area contributed by atoms with Crippen LogP contribution in [-0.2, 0) is 13.1 Å². The molecule has 2 aromatic carbocycles. The van der Waals surface area contributed by atoms with E-state index in [1.807, 2.05) is 42.7 Å². The van der Waals surface area contributed by atoms with Crippen molar-refractivity contribution < 1.29 is 14.2 Å². The van der Waals surface area contributed by atoms with Crippen molar-refractivity contribution in [2.75, 3.05) is 51.8 Å². The smallest absolute Gasteiger partial charge is 0.238 e. The molecule has 196 valence electrons. The minimum atomic E-state index is 0.524. The van der Waals surface area contributed by atoms with Gasteiger partial charge < -0.3 is 19.5 Å². The fourth-order valence-electron chi connectivity index (χ4n) is 5.01. The van der Waals surface area contributed by atoms with Crippen molar-refractivity contribution in [3.8, 4) is 28.6 Å². The fourth-order valence-corrected chi connectivity index (χ4v) is 5.01. The summed E-state index contributed by atoms with van der Waals surface area (Å²) in [5, 5.41) is 10.4. The molecule has 9 nitrogen and oxygen atoms in total. The van der Waals surface area contributed by atoms with E-state index in [1.54, 1.807) is 7.11 Å². The van der Waals surface area contributed by atoms with Gasteiger partial charge in [0.2, 0.25) is 5.88 Å². The van der Waals surface area contributed by atoms with E-state index >= 15 is 0 Å². The van der Waals surface area contributed by atoms with Gasteiger partial charge in [-0.15, -0.1) is 0 Å². The summed E-state index contributed by atoms with van der Waals surface area (Å²) in [6, 6.07) is 18.4. The van der Waals surface area contributed by atoms with E-state index in [0.717, 1.165) is 73.4 Å². The maximum absolute atomic E-state index is 5.88. The summed E-state index contributed by atoms with van der Waals surface area (Å²) >= 11 is 0. The standard InChI is InChI=1S/C29H32N6O3/c1-36-29-26(9-8-25(33-29)24-6-3-7-27-28(24)38-15-14-37-27)32-23-5-2-4-21(16-23)19-34-10-12-35(13-11-34)20-22-17-30-31-18-22/h2-9,16-18,32H,10-15,19-20H2,1H3,(H,30,31). The van der Waals surface area contributed by atoms with Crippen LogP contribution < -0.4 is 19.5 Å². The molecule has 9 heteroatoms. The first kappa shape index (κ1) is 24.3.